The average molecular weight is 340 g/mol. The Morgan fingerprint density at radius 3 is 2.62 bits per heavy atom. The smallest absolute Gasteiger partial charge is 0.163 e. The van der Waals surface area contributed by atoms with Crippen LogP contribution in [0.4, 0.5) is 11.5 Å². The van der Waals surface area contributed by atoms with E-state index in [0.29, 0.717) is 5.82 Å². The third kappa shape index (κ3) is 3.02. The predicted molar refractivity (Wildman–Crippen MR) is 107 cm³/mol. The van der Waals surface area contributed by atoms with Crippen LogP contribution >= 0.6 is 0 Å². The number of para-hydroxylation sites is 2. The molecule has 1 N–H and O–H groups in total. The lowest BCUT2D eigenvalue weighted by atomic mass is 10.1. The minimum atomic E-state index is 0.672. The molecule has 26 heavy (non-hydrogen) atoms. The van der Waals surface area contributed by atoms with Crippen LogP contribution in [0.3, 0.4) is 0 Å². The van der Waals surface area contributed by atoms with Crippen molar-refractivity contribution in [1.82, 2.24) is 15.0 Å². The van der Waals surface area contributed by atoms with Crippen LogP contribution in [0, 0.1) is 6.92 Å². The lowest BCUT2D eigenvalue weighted by molar-refractivity contribution is 1.13. The molecule has 0 amide bonds. The van der Waals surface area contributed by atoms with E-state index in [2.05, 4.69) is 48.4 Å². The average Bonchev–Trinajstić information content (AvgIpc) is 2.70. The maximum Gasteiger partial charge on any atom is 0.163 e. The summed E-state index contributed by atoms with van der Waals surface area (Å²) in [4.78, 5) is 13.7. The first-order valence-electron chi connectivity index (χ1n) is 8.79. The molecule has 0 spiro atoms. The summed E-state index contributed by atoms with van der Waals surface area (Å²) in [6, 6.07) is 18.3. The molecule has 0 fully saturated rings. The Kier molecular flexibility index (Phi) is 4.32. The lowest BCUT2D eigenvalue weighted by Crippen LogP contribution is -2.03. The van der Waals surface area contributed by atoms with Gasteiger partial charge in [-0.3, -0.25) is 4.98 Å². The highest BCUT2D eigenvalue weighted by Gasteiger charge is 2.12. The van der Waals surface area contributed by atoms with Crippen LogP contribution in [0.2, 0.25) is 0 Å². The highest BCUT2D eigenvalue weighted by atomic mass is 15.0. The number of hydrogen-bond donors (Lipinski definition) is 1. The molecular weight excluding hydrogens is 320 g/mol. The number of aryl methyl sites for hydroxylation is 2. The molecule has 0 radical (unpaired) electrons. The third-order valence-corrected chi connectivity index (χ3v) is 4.51. The SMILES string of the molecule is CCc1cccc(C)c1Nc1nc(-c2cccnc2)nc2ccccc12. The minimum Gasteiger partial charge on any atom is -0.339 e. The van der Waals surface area contributed by atoms with Crippen molar-refractivity contribution in [3.63, 3.8) is 0 Å². The topological polar surface area (TPSA) is 50.7 Å². The summed E-state index contributed by atoms with van der Waals surface area (Å²) in [6.45, 7) is 4.28. The van der Waals surface area contributed by atoms with Gasteiger partial charge in [0.1, 0.15) is 5.82 Å². The second kappa shape index (κ2) is 6.92. The number of fused-ring (bicyclic) bond motifs is 1. The number of benzene rings is 2. The van der Waals surface area contributed by atoms with E-state index in [0.717, 1.165) is 34.4 Å². The van der Waals surface area contributed by atoms with Crippen LogP contribution in [0.25, 0.3) is 22.3 Å². The number of anilines is 2. The maximum atomic E-state index is 4.82. The first kappa shape index (κ1) is 16.2. The van der Waals surface area contributed by atoms with Crippen molar-refractivity contribution in [1.29, 1.82) is 0 Å². The molecule has 0 saturated heterocycles. The molecule has 0 saturated carbocycles. The lowest BCUT2D eigenvalue weighted by Gasteiger charge is -2.15. The van der Waals surface area contributed by atoms with Gasteiger partial charge in [-0.15, -0.1) is 0 Å². The molecule has 128 valence electrons. The zero-order chi connectivity index (χ0) is 17.9. The van der Waals surface area contributed by atoms with Gasteiger partial charge in [-0.05, 0) is 48.7 Å². The van der Waals surface area contributed by atoms with Crippen molar-refractivity contribution in [2.24, 2.45) is 0 Å². The van der Waals surface area contributed by atoms with Gasteiger partial charge in [-0.25, -0.2) is 9.97 Å². The zero-order valence-corrected chi connectivity index (χ0v) is 14.9. The summed E-state index contributed by atoms with van der Waals surface area (Å²) in [6.07, 6.45) is 4.51. The van der Waals surface area contributed by atoms with Gasteiger partial charge in [0.05, 0.1) is 5.52 Å². The molecular formula is C22H20N4. The number of rotatable bonds is 4. The van der Waals surface area contributed by atoms with Crippen LogP contribution < -0.4 is 5.32 Å². The molecule has 0 aliphatic heterocycles. The third-order valence-electron chi connectivity index (χ3n) is 4.51. The van der Waals surface area contributed by atoms with E-state index in [4.69, 9.17) is 9.97 Å². The summed E-state index contributed by atoms with van der Waals surface area (Å²) >= 11 is 0. The van der Waals surface area contributed by atoms with Crippen LogP contribution in [-0.2, 0) is 6.42 Å². The fourth-order valence-electron chi connectivity index (χ4n) is 3.12. The highest BCUT2D eigenvalue weighted by molar-refractivity contribution is 5.92. The Morgan fingerprint density at radius 1 is 0.923 bits per heavy atom. The van der Waals surface area contributed by atoms with Gasteiger partial charge in [0.15, 0.2) is 5.82 Å². The Morgan fingerprint density at radius 2 is 1.81 bits per heavy atom. The number of nitrogens with one attached hydrogen (secondary N) is 1. The van der Waals surface area contributed by atoms with Gasteiger partial charge in [-0.2, -0.15) is 0 Å². The van der Waals surface area contributed by atoms with Crippen LogP contribution in [0.1, 0.15) is 18.1 Å². The summed E-state index contributed by atoms with van der Waals surface area (Å²) in [5.74, 6) is 1.49. The van der Waals surface area contributed by atoms with Gasteiger partial charge in [0.25, 0.3) is 0 Å². The summed E-state index contributed by atoms with van der Waals surface area (Å²) in [5.41, 5.74) is 5.42. The van der Waals surface area contributed by atoms with E-state index in [-0.39, 0.29) is 0 Å². The summed E-state index contributed by atoms with van der Waals surface area (Å²) in [5, 5.41) is 4.58. The Bertz CT molecular complexity index is 1060. The molecule has 0 aliphatic carbocycles. The molecule has 0 bridgehead atoms. The first-order chi connectivity index (χ1) is 12.8. The van der Waals surface area contributed by atoms with Gasteiger partial charge >= 0.3 is 0 Å². The molecule has 2 aromatic heterocycles. The fourth-order valence-corrected chi connectivity index (χ4v) is 3.12. The van der Waals surface area contributed by atoms with Crippen molar-refractivity contribution in [3.8, 4) is 11.4 Å². The van der Waals surface area contributed by atoms with Gasteiger partial charge in [0.2, 0.25) is 0 Å². The van der Waals surface area contributed by atoms with E-state index < -0.39 is 0 Å². The predicted octanol–water partition coefficient (Wildman–Crippen LogP) is 5.31. The Balaban J connectivity index is 1.89. The zero-order valence-electron chi connectivity index (χ0n) is 14.9. The number of hydrogen-bond acceptors (Lipinski definition) is 4. The molecule has 4 rings (SSSR count). The number of nitrogens with zero attached hydrogens (tertiary/aromatic N) is 3. The molecule has 4 aromatic rings. The second-order valence-corrected chi connectivity index (χ2v) is 6.24. The molecule has 2 heterocycles. The van der Waals surface area contributed by atoms with E-state index in [9.17, 15) is 0 Å². The fraction of sp³-hybridized carbons (Fsp3) is 0.136. The molecule has 4 nitrogen and oxygen atoms in total. The van der Waals surface area contributed by atoms with Crippen LogP contribution in [0.5, 0.6) is 0 Å². The van der Waals surface area contributed by atoms with Crippen molar-refractivity contribution in [3.05, 3.63) is 78.1 Å². The number of aromatic nitrogens is 3. The molecule has 0 aliphatic rings. The first-order valence-corrected chi connectivity index (χ1v) is 8.79. The van der Waals surface area contributed by atoms with Crippen LogP contribution in [0.15, 0.2) is 67.0 Å². The molecule has 0 unspecified atom stereocenters. The van der Waals surface area contributed by atoms with E-state index in [1.807, 2.05) is 30.3 Å². The molecule has 4 heteroatoms. The molecule has 0 atom stereocenters. The van der Waals surface area contributed by atoms with Gasteiger partial charge < -0.3 is 5.32 Å². The largest absolute Gasteiger partial charge is 0.339 e. The van der Waals surface area contributed by atoms with Crippen LogP contribution in [-0.4, -0.2) is 15.0 Å². The normalized spacial score (nSPS) is 10.8. The monoisotopic (exact) mass is 340 g/mol. The van der Waals surface area contributed by atoms with Gasteiger partial charge in [-0.1, -0.05) is 37.3 Å². The van der Waals surface area contributed by atoms with E-state index >= 15 is 0 Å². The molecule has 2 aromatic carbocycles. The minimum absolute atomic E-state index is 0.672. The standard InChI is InChI=1S/C22H20N4/c1-3-16-9-6-8-15(2)20(16)25-22-18-11-4-5-12-19(18)24-21(26-22)17-10-7-13-23-14-17/h4-14H,3H2,1-2H3,(H,24,25,26). The maximum absolute atomic E-state index is 4.82. The van der Waals surface area contributed by atoms with Crippen molar-refractivity contribution in [2.45, 2.75) is 20.3 Å². The summed E-state index contributed by atoms with van der Waals surface area (Å²) < 4.78 is 0. The quantitative estimate of drug-likeness (QED) is 0.547. The highest BCUT2D eigenvalue weighted by Crippen LogP contribution is 2.30. The number of pyridine rings is 1. The van der Waals surface area contributed by atoms with E-state index in [1.54, 1.807) is 12.4 Å². The Hall–Kier alpha value is -3.27. The Labute approximate surface area is 153 Å². The van der Waals surface area contributed by atoms with E-state index in [1.165, 1.54) is 11.1 Å². The van der Waals surface area contributed by atoms with Crippen molar-refractivity contribution in [2.75, 3.05) is 5.32 Å². The summed E-state index contributed by atoms with van der Waals surface area (Å²) in [7, 11) is 0. The second-order valence-electron chi connectivity index (χ2n) is 6.24. The van der Waals surface area contributed by atoms with Gasteiger partial charge in [0, 0.05) is 29.0 Å². The van der Waals surface area contributed by atoms with Crippen molar-refractivity contribution < 1.29 is 0 Å². The van der Waals surface area contributed by atoms with Crippen molar-refractivity contribution >= 4 is 22.4 Å².